The van der Waals surface area contributed by atoms with E-state index in [2.05, 4.69) is 5.32 Å². The molecule has 0 spiro atoms. The van der Waals surface area contributed by atoms with E-state index < -0.39 is 36.9 Å². The molecule has 0 radical (unpaired) electrons. The predicted octanol–water partition coefficient (Wildman–Crippen LogP) is 5.80. The SMILES string of the molecule is C[C@H]1CCCCO[C@@H](CN(C)C(=O)C2CCCCC2)[C@@H](C)CN([C@@H](C)CO)C(=O)c2cc(NC(=O)CCC(F)(F)F)ccc2O1. The Balaban J connectivity index is 1.88. The fourth-order valence-electron chi connectivity index (χ4n) is 5.96. The highest BCUT2D eigenvalue weighted by atomic mass is 19.4. The van der Waals surface area contributed by atoms with Gasteiger partial charge in [-0.1, -0.05) is 26.2 Å². The fraction of sp³-hybridized carbons (Fsp3) is 0.727. The number of nitrogens with one attached hydrogen (secondary N) is 1. The van der Waals surface area contributed by atoms with Crippen LogP contribution in [0.3, 0.4) is 0 Å². The number of halogens is 3. The Kier molecular flexibility index (Phi) is 14.0. The van der Waals surface area contributed by atoms with Crippen molar-refractivity contribution < 1.29 is 42.1 Å². The van der Waals surface area contributed by atoms with Crippen molar-refractivity contribution >= 4 is 23.4 Å². The van der Waals surface area contributed by atoms with Crippen molar-refractivity contribution in [3.63, 3.8) is 0 Å². The van der Waals surface area contributed by atoms with Crippen LogP contribution in [0.25, 0.3) is 0 Å². The predicted molar refractivity (Wildman–Crippen MR) is 165 cm³/mol. The number of hydrogen-bond acceptors (Lipinski definition) is 6. The number of benzene rings is 1. The molecular formula is C33H50F3N3O6. The van der Waals surface area contributed by atoms with Gasteiger partial charge in [0.2, 0.25) is 11.8 Å². The summed E-state index contributed by atoms with van der Waals surface area (Å²) in [5.74, 6) is -1.08. The number of likely N-dealkylation sites (N-methyl/N-ethyl adjacent to an activating group) is 1. The van der Waals surface area contributed by atoms with Crippen molar-refractivity contribution in [3.8, 4) is 5.75 Å². The van der Waals surface area contributed by atoms with E-state index in [1.807, 2.05) is 13.8 Å². The molecule has 2 N–H and O–H groups in total. The Labute approximate surface area is 264 Å². The fourth-order valence-corrected chi connectivity index (χ4v) is 5.96. The minimum absolute atomic E-state index is 0.0196. The molecule has 2 aliphatic rings. The zero-order valence-electron chi connectivity index (χ0n) is 27.0. The van der Waals surface area contributed by atoms with Gasteiger partial charge >= 0.3 is 6.18 Å². The van der Waals surface area contributed by atoms with Gasteiger partial charge in [-0.3, -0.25) is 14.4 Å². The first-order valence-electron chi connectivity index (χ1n) is 16.2. The average Bonchev–Trinajstić information content (AvgIpc) is 3.01. The molecular weight excluding hydrogens is 591 g/mol. The summed E-state index contributed by atoms with van der Waals surface area (Å²) in [7, 11) is 1.80. The summed E-state index contributed by atoms with van der Waals surface area (Å²) in [5.41, 5.74) is 0.294. The van der Waals surface area contributed by atoms with E-state index in [0.29, 0.717) is 19.6 Å². The van der Waals surface area contributed by atoms with Gasteiger partial charge in [-0.2, -0.15) is 13.2 Å². The Hall–Kier alpha value is -2.86. The van der Waals surface area contributed by atoms with Gasteiger partial charge in [-0.25, -0.2) is 0 Å². The monoisotopic (exact) mass is 641 g/mol. The summed E-state index contributed by atoms with van der Waals surface area (Å²) >= 11 is 0. The van der Waals surface area contributed by atoms with Crippen molar-refractivity contribution in [2.45, 2.75) is 109 Å². The van der Waals surface area contributed by atoms with Gasteiger partial charge in [-0.05, 0) is 64.2 Å². The molecule has 12 heteroatoms. The summed E-state index contributed by atoms with van der Waals surface area (Å²) in [4.78, 5) is 43.0. The van der Waals surface area contributed by atoms with Gasteiger partial charge < -0.3 is 29.7 Å². The maximum Gasteiger partial charge on any atom is 0.389 e. The van der Waals surface area contributed by atoms with Gasteiger partial charge in [0.05, 0.1) is 36.8 Å². The van der Waals surface area contributed by atoms with Crippen LogP contribution in [0.5, 0.6) is 5.75 Å². The molecule has 1 aliphatic heterocycles. The van der Waals surface area contributed by atoms with Crippen LogP contribution in [0.4, 0.5) is 18.9 Å². The topological polar surface area (TPSA) is 108 Å². The number of hydrogen-bond donors (Lipinski definition) is 2. The van der Waals surface area contributed by atoms with Crippen LogP contribution in [0.15, 0.2) is 18.2 Å². The van der Waals surface area contributed by atoms with Crippen molar-refractivity contribution in [1.29, 1.82) is 0 Å². The molecule has 0 unspecified atom stereocenters. The zero-order valence-corrected chi connectivity index (χ0v) is 27.0. The molecule has 45 heavy (non-hydrogen) atoms. The number of nitrogens with zero attached hydrogens (tertiary/aromatic N) is 2. The second kappa shape index (κ2) is 17.2. The molecule has 254 valence electrons. The summed E-state index contributed by atoms with van der Waals surface area (Å²) in [5, 5.41) is 12.6. The molecule has 0 aromatic heterocycles. The quantitative estimate of drug-likeness (QED) is 0.372. The number of aliphatic hydroxyl groups excluding tert-OH is 1. The standard InChI is InChI=1S/C33H50F3N3O6/c1-22-19-39(23(2)21-40)32(43)27-18-26(37-30(41)15-16-33(34,35)36)13-14-28(27)45-24(3)10-8-9-17-44-29(22)20-38(4)31(42)25-11-6-5-7-12-25/h13-14,18,22-25,29,40H,5-12,15-17,19-21H2,1-4H3,(H,37,41)/t22-,23-,24-,29-/m0/s1. The maximum atomic E-state index is 14.2. The van der Waals surface area contributed by atoms with Crippen LogP contribution in [0.2, 0.25) is 0 Å². The van der Waals surface area contributed by atoms with Gasteiger partial charge in [-0.15, -0.1) is 0 Å². The van der Waals surface area contributed by atoms with E-state index in [1.165, 1.54) is 23.1 Å². The number of amides is 3. The Morgan fingerprint density at radius 3 is 2.47 bits per heavy atom. The minimum Gasteiger partial charge on any atom is -0.490 e. The molecule has 1 aliphatic carbocycles. The van der Waals surface area contributed by atoms with E-state index in [-0.39, 0.29) is 60.1 Å². The van der Waals surface area contributed by atoms with E-state index in [1.54, 1.807) is 18.9 Å². The molecule has 3 rings (SSSR count). The Morgan fingerprint density at radius 1 is 1.11 bits per heavy atom. The van der Waals surface area contributed by atoms with Crippen LogP contribution in [-0.2, 0) is 14.3 Å². The number of ether oxygens (including phenoxy) is 2. The number of rotatable bonds is 8. The number of alkyl halides is 3. The zero-order chi connectivity index (χ0) is 33.1. The highest BCUT2D eigenvalue weighted by Crippen LogP contribution is 2.30. The van der Waals surface area contributed by atoms with Gasteiger partial charge in [0.25, 0.3) is 5.91 Å². The van der Waals surface area contributed by atoms with E-state index in [0.717, 1.165) is 44.9 Å². The third-order valence-electron chi connectivity index (χ3n) is 8.76. The largest absolute Gasteiger partial charge is 0.490 e. The van der Waals surface area contributed by atoms with Crippen molar-refractivity contribution in [2.75, 3.05) is 38.7 Å². The lowest BCUT2D eigenvalue weighted by atomic mass is 9.88. The number of aliphatic hydroxyl groups is 1. The lowest BCUT2D eigenvalue weighted by molar-refractivity contribution is -0.142. The van der Waals surface area contributed by atoms with Crippen molar-refractivity contribution in [3.05, 3.63) is 23.8 Å². The molecule has 0 saturated heterocycles. The van der Waals surface area contributed by atoms with Crippen LogP contribution >= 0.6 is 0 Å². The van der Waals surface area contributed by atoms with Gasteiger partial charge in [0.1, 0.15) is 5.75 Å². The molecule has 0 bridgehead atoms. The summed E-state index contributed by atoms with van der Waals surface area (Å²) in [6.07, 6.45) is 0.238. The normalized spacial score (nSPS) is 23.3. The number of anilines is 1. The molecule has 1 fully saturated rings. The number of fused-ring (bicyclic) bond motifs is 1. The summed E-state index contributed by atoms with van der Waals surface area (Å²) in [6, 6.07) is 3.86. The highest BCUT2D eigenvalue weighted by molar-refractivity contribution is 5.99. The lowest BCUT2D eigenvalue weighted by Crippen LogP contribution is -2.48. The van der Waals surface area contributed by atoms with Gasteiger partial charge in [0.15, 0.2) is 0 Å². The maximum absolute atomic E-state index is 14.2. The molecule has 4 atom stereocenters. The van der Waals surface area contributed by atoms with Crippen LogP contribution < -0.4 is 10.1 Å². The second-order valence-corrected chi connectivity index (χ2v) is 12.7. The summed E-state index contributed by atoms with van der Waals surface area (Å²) < 4.78 is 50.5. The molecule has 1 aromatic carbocycles. The molecule has 1 saturated carbocycles. The summed E-state index contributed by atoms with van der Waals surface area (Å²) in [6.45, 7) is 6.31. The van der Waals surface area contributed by atoms with Crippen LogP contribution in [-0.4, -0.2) is 90.4 Å². The van der Waals surface area contributed by atoms with E-state index in [4.69, 9.17) is 9.47 Å². The molecule has 9 nitrogen and oxygen atoms in total. The number of carbonyl (C=O) groups is 3. The highest BCUT2D eigenvalue weighted by Gasteiger charge is 2.33. The minimum atomic E-state index is -4.47. The van der Waals surface area contributed by atoms with Crippen LogP contribution in [0, 0.1) is 11.8 Å². The van der Waals surface area contributed by atoms with E-state index in [9.17, 15) is 32.7 Å². The van der Waals surface area contributed by atoms with E-state index >= 15 is 0 Å². The van der Waals surface area contributed by atoms with Crippen molar-refractivity contribution in [1.82, 2.24) is 9.80 Å². The Morgan fingerprint density at radius 2 is 1.80 bits per heavy atom. The Bertz CT molecular complexity index is 1130. The average molecular weight is 642 g/mol. The molecule has 3 amide bonds. The third-order valence-corrected chi connectivity index (χ3v) is 8.76. The first-order chi connectivity index (χ1) is 21.3. The molecule has 1 heterocycles. The second-order valence-electron chi connectivity index (χ2n) is 12.7. The van der Waals surface area contributed by atoms with Crippen molar-refractivity contribution in [2.24, 2.45) is 11.8 Å². The first kappa shape index (κ1) is 36.6. The van der Waals surface area contributed by atoms with Gasteiger partial charge in [0, 0.05) is 50.7 Å². The molecule has 1 aromatic rings. The number of carbonyl (C=O) groups excluding carboxylic acids is 3. The third kappa shape index (κ3) is 11.5. The van der Waals surface area contributed by atoms with Crippen LogP contribution in [0.1, 0.15) is 95.3 Å². The first-order valence-corrected chi connectivity index (χ1v) is 16.2. The smallest absolute Gasteiger partial charge is 0.389 e. The lowest BCUT2D eigenvalue weighted by Gasteiger charge is -2.36.